The second kappa shape index (κ2) is 7.88. The van der Waals surface area contributed by atoms with Gasteiger partial charge in [0.2, 0.25) is 5.91 Å². The van der Waals surface area contributed by atoms with Crippen LogP contribution in [0.2, 0.25) is 0 Å². The predicted octanol–water partition coefficient (Wildman–Crippen LogP) is 2.56. The Morgan fingerprint density at radius 2 is 1.94 bits per heavy atom. The van der Waals surface area contributed by atoms with Crippen molar-refractivity contribution >= 4 is 5.91 Å². The summed E-state index contributed by atoms with van der Waals surface area (Å²) in [6.07, 6.45) is 2.15. The van der Waals surface area contributed by atoms with Gasteiger partial charge in [0.25, 0.3) is 0 Å². The molecule has 1 amide bonds. The van der Waals surface area contributed by atoms with Crippen LogP contribution in [0.1, 0.15) is 43.9 Å². The minimum atomic E-state index is 0.0717. The van der Waals surface area contributed by atoms with E-state index in [1.165, 1.54) is 11.1 Å². The summed E-state index contributed by atoms with van der Waals surface area (Å²) in [5.41, 5.74) is 2.46. The summed E-state index contributed by atoms with van der Waals surface area (Å²) in [5, 5.41) is 6.13. The van der Waals surface area contributed by atoms with Crippen molar-refractivity contribution in [2.45, 2.75) is 39.7 Å². The van der Waals surface area contributed by atoms with Gasteiger partial charge >= 0.3 is 0 Å². The fraction of sp³-hybridized carbons (Fsp3) is 0.533. The number of aryl methyl sites for hydroxylation is 1. The molecule has 0 saturated heterocycles. The predicted molar refractivity (Wildman–Crippen MR) is 75.5 cm³/mol. The molecule has 100 valence electrons. The Labute approximate surface area is 110 Å². The van der Waals surface area contributed by atoms with E-state index < -0.39 is 0 Å². The lowest BCUT2D eigenvalue weighted by Gasteiger charge is -2.14. The highest BCUT2D eigenvalue weighted by molar-refractivity contribution is 5.77. The van der Waals surface area contributed by atoms with Crippen molar-refractivity contribution in [2.24, 2.45) is 0 Å². The van der Waals surface area contributed by atoms with Crippen LogP contribution in [0.3, 0.4) is 0 Å². The zero-order valence-electron chi connectivity index (χ0n) is 11.6. The van der Waals surface area contributed by atoms with Gasteiger partial charge in [-0.1, -0.05) is 43.2 Å². The largest absolute Gasteiger partial charge is 0.355 e. The molecule has 0 unspecified atom stereocenters. The Morgan fingerprint density at radius 1 is 1.28 bits per heavy atom. The second-order valence-electron chi connectivity index (χ2n) is 4.72. The molecule has 0 radical (unpaired) electrons. The Morgan fingerprint density at radius 3 is 2.56 bits per heavy atom. The normalized spacial score (nSPS) is 12.2. The quantitative estimate of drug-likeness (QED) is 0.728. The lowest BCUT2D eigenvalue weighted by Crippen LogP contribution is -2.35. The van der Waals surface area contributed by atoms with Crippen molar-refractivity contribution in [3.8, 4) is 0 Å². The Balaban J connectivity index is 2.30. The number of hydrogen-bond donors (Lipinski definition) is 2. The lowest BCUT2D eigenvalue weighted by molar-refractivity contribution is -0.120. The van der Waals surface area contributed by atoms with Gasteiger partial charge in [-0.3, -0.25) is 4.79 Å². The van der Waals surface area contributed by atoms with Crippen LogP contribution in [-0.4, -0.2) is 19.0 Å². The van der Waals surface area contributed by atoms with Crippen molar-refractivity contribution in [1.82, 2.24) is 10.6 Å². The molecule has 2 N–H and O–H groups in total. The molecule has 0 saturated carbocycles. The molecule has 0 aliphatic heterocycles. The van der Waals surface area contributed by atoms with E-state index in [-0.39, 0.29) is 11.9 Å². The number of unbranched alkanes of at least 4 members (excludes halogenated alkanes) is 1. The zero-order valence-corrected chi connectivity index (χ0v) is 11.6. The van der Waals surface area contributed by atoms with Crippen molar-refractivity contribution in [2.75, 3.05) is 13.1 Å². The first kappa shape index (κ1) is 14.7. The maximum atomic E-state index is 11.5. The molecule has 1 aromatic carbocycles. The zero-order chi connectivity index (χ0) is 13.4. The molecule has 3 heteroatoms. The van der Waals surface area contributed by atoms with E-state index in [0.29, 0.717) is 6.54 Å². The van der Waals surface area contributed by atoms with Crippen LogP contribution in [0.4, 0.5) is 0 Å². The molecule has 1 rings (SSSR count). The number of carbonyl (C=O) groups excluding carboxylic acids is 1. The summed E-state index contributed by atoms with van der Waals surface area (Å²) in [4.78, 5) is 11.5. The maximum Gasteiger partial charge on any atom is 0.233 e. The first-order valence-electron chi connectivity index (χ1n) is 6.70. The molecular formula is C15H24N2O. The Kier molecular flexibility index (Phi) is 6.44. The smallest absolute Gasteiger partial charge is 0.233 e. The van der Waals surface area contributed by atoms with E-state index in [1.807, 2.05) is 0 Å². The van der Waals surface area contributed by atoms with Gasteiger partial charge in [0.15, 0.2) is 0 Å². The molecule has 0 bridgehead atoms. The maximum absolute atomic E-state index is 11.5. The monoisotopic (exact) mass is 248 g/mol. The lowest BCUT2D eigenvalue weighted by atomic mass is 10.1. The van der Waals surface area contributed by atoms with Crippen LogP contribution >= 0.6 is 0 Å². The molecule has 0 aromatic heterocycles. The first-order chi connectivity index (χ1) is 8.63. The van der Waals surface area contributed by atoms with Gasteiger partial charge in [0.05, 0.1) is 6.54 Å². The van der Waals surface area contributed by atoms with Gasteiger partial charge in [-0.25, -0.2) is 0 Å². The summed E-state index contributed by atoms with van der Waals surface area (Å²) in [7, 11) is 0. The molecule has 1 atom stereocenters. The number of carbonyl (C=O) groups is 1. The van der Waals surface area contributed by atoms with Crippen LogP contribution in [0, 0.1) is 6.92 Å². The van der Waals surface area contributed by atoms with E-state index >= 15 is 0 Å². The molecule has 0 aliphatic rings. The molecule has 1 aromatic rings. The minimum absolute atomic E-state index is 0.0717. The van der Waals surface area contributed by atoms with E-state index in [4.69, 9.17) is 0 Å². The average molecular weight is 248 g/mol. The standard InChI is InChI=1S/C15H24N2O/c1-4-5-10-16-15(18)11-17-13(3)14-8-6-12(2)7-9-14/h6-9,13,17H,4-5,10-11H2,1-3H3,(H,16,18)/t13-/m0/s1. The van der Waals surface area contributed by atoms with E-state index in [9.17, 15) is 4.79 Å². The number of rotatable bonds is 7. The van der Waals surface area contributed by atoms with Crippen LogP contribution in [0.25, 0.3) is 0 Å². The Hall–Kier alpha value is -1.35. The van der Waals surface area contributed by atoms with E-state index in [0.717, 1.165) is 19.4 Å². The highest BCUT2D eigenvalue weighted by Crippen LogP contribution is 2.12. The topological polar surface area (TPSA) is 41.1 Å². The summed E-state index contributed by atoms with van der Waals surface area (Å²) in [6, 6.07) is 8.58. The molecule has 3 nitrogen and oxygen atoms in total. The summed E-state index contributed by atoms with van der Waals surface area (Å²) < 4.78 is 0. The van der Waals surface area contributed by atoms with Crippen LogP contribution in [0.15, 0.2) is 24.3 Å². The number of hydrogen-bond acceptors (Lipinski definition) is 2. The molecule has 0 fully saturated rings. The van der Waals surface area contributed by atoms with Crippen molar-refractivity contribution < 1.29 is 4.79 Å². The molecular weight excluding hydrogens is 224 g/mol. The molecule has 0 heterocycles. The fourth-order valence-electron chi connectivity index (χ4n) is 1.69. The van der Waals surface area contributed by atoms with Crippen molar-refractivity contribution in [3.05, 3.63) is 35.4 Å². The molecule has 18 heavy (non-hydrogen) atoms. The van der Waals surface area contributed by atoms with Crippen molar-refractivity contribution in [1.29, 1.82) is 0 Å². The van der Waals surface area contributed by atoms with Crippen LogP contribution < -0.4 is 10.6 Å². The van der Waals surface area contributed by atoms with Crippen molar-refractivity contribution in [3.63, 3.8) is 0 Å². The van der Waals surface area contributed by atoms with E-state index in [2.05, 4.69) is 55.7 Å². The van der Waals surface area contributed by atoms with Gasteiger partial charge < -0.3 is 10.6 Å². The van der Waals surface area contributed by atoms with Gasteiger partial charge in [0, 0.05) is 12.6 Å². The SMILES string of the molecule is CCCCNC(=O)CN[C@@H](C)c1ccc(C)cc1. The number of benzene rings is 1. The fourth-order valence-corrected chi connectivity index (χ4v) is 1.69. The average Bonchev–Trinajstić information content (AvgIpc) is 2.37. The Bertz CT molecular complexity index is 359. The van der Waals surface area contributed by atoms with Gasteiger partial charge in [-0.2, -0.15) is 0 Å². The highest BCUT2D eigenvalue weighted by atomic mass is 16.1. The third-order valence-corrected chi connectivity index (χ3v) is 3.00. The van der Waals surface area contributed by atoms with Crippen LogP contribution in [0.5, 0.6) is 0 Å². The van der Waals surface area contributed by atoms with Crippen LogP contribution in [-0.2, 0) is 4.79 Å². The highest BCUT2D eigenvalue weighted by Gasteiger charge is 2.06. The first-order valence-corrected chi connectivity index (χ1v) is 6.70. The number of nitrogens with one attached hydrogen (secondary N) is 2. The molecule has 0 aliphatic carbocycles. The molecule has 0 spiro atoms. The second-order valence-corrected chi connectivity index (χ2v) is 4.72. The van der Waals surface area contributed by atoms with Gasteiger partial charge in [0.1, 0.15) is 0 Å². The minimum Gasteiger partial charge on any atom is -0.355 e. The summed E-state index contributed by atoms with van der Waals surface area (Å²) in [6.45, 7) is 7.41. The third kappa shape index (κ3) is 5.32. The third-order valence-electron chi connectivity index (χ3n) is 3.00. The summed E-state index contributed by atoms with van der Waals surface area (Å²) >= 11 is 0. The van der Waals surface area contributed by atoms with Gasteiger partial charge in [-0.05, 0) is 25.8 Å². The van der Waals surface area contributed by atoms with Gasteiger partial charge in [-0.15, -0.1) is 0 Å². The number of amides is 1. The van der Waals surface area contributed by atoms with E-state index in [1.54, 1.807) is 0 Å². The summed E-state index contributed by atoms with van der Waals surface area (Å²) in [5.74, 6) is 0.0717.